The van der Waals surface area contributed by atoms with Gasteiger partial charge in [0, 0.05) is 30.3 Å². The molecule has 0 aliphatic rings. The Morgan fingerprint density at radius 2 is 2.00 bits per heavy atom. The zero-order valence-electron chi connectivity index (χ0n) is 12.1. The number of halogens is 1. The number of carbonyl (C=O) groups excluding carboxylic acids is 1. The lowest BCUT2D eigenvalue weighted by atomic mass is 10.2. The van der Waals surface area contributed by atoms with Crippen molar-refractivity contribution in [3.05, 3.63) is 28.5 Å². The van der Waals surface area contributed by atoms with Gasteiger partial charge in [0.2, 0.25) is 0 Å². The van der Waals surface area contributed by atoms with Crippen LogP contribution in [0.1, 0.15) is 24.3 Å². The third-order valence-electron chi connectivity index (χ3n) is 2.64. The first-order valence-electron chi connectivity index (χ1n) is 6.45. The average Bonchev–Trinajstić information content (AvgIpc) is 2.34. The molecule has 0 fully saturated rings. The van der Waals surface area contributed by atoms with Crippen molar-refractivity contribution in [2.24, 2.45) is 5.92 Å². The van der Waals surface area contributed by atoms with E-state index in [2.05, 4.69) is 39.7 Å². The summed E-state index contributed by atoms with van der Waals surface area (Å²) in [7, 11) is 4.02. The van der Waals surface area contributed by atoms with Crippen LogP contribution in [-0.4, -0.2) is 54.4 Å². The van der Waals surface area contributed by atoms with E-state index in [1.807, 2.05) is 25.1 Å². The molecule has 1 aromatic heterocycles. The van der Waals surface area contributed by atoms with E-state index in [-0.39, 0.29) is 5.91 Å². The van der Waals surface area contributed by atoms with Crippen LogP contribution < -0.4 is 0 Å². The maximum atomic E-state index is 12.4. The Hall–Kier alpha value is -0.940. The van der Waals surface area contributed by atoms with Crippen LogP contribution in [0.5, 0.6) is 0 Å². The molecule has 0 radical (unpaired) electrons. The van der Waals surface area contributed by atoms with Crippen molar-refractivity contribution in [1.29, 1.82) is 0 Å². The summed E-state index contributed by atoms with van der Waals surface area (Å²) in [6.45, 7) is 6.57. The summed E-state index contributed by atoms with van der Waals surface area (Å²) >= 11 is 3.33. The van der Waals surface area contributed by atoms with Gasteiger partial charge in [0.1, 0.15) is 5.69 Å². The molecule has 4 nitrogen and oxygen atoms in total. The maximum Gasteiger partial charge on any atom is 0.272 e. The van der Waals surface area contributed by atoms with Crippen LogP contribution in [0.25, 0.3) is 0 Å². The van der Waals surface area contributed by atoms with Crippen LogP contribution in [-0.2, 0) is 0 Å². The zero-order chi connectivity index (χ0) is 14.4. The van der Waals surface area contributed by atoms with Gasteiger partial charge in [-0.1, -0.05) is 13.8 Å². The van der Waals surface area contributed by atoms with Crippen LogP contribution in [0.15, 0.2) is 22.8 Å². The molecule has 0 N–H and O–H groups in total. The van der Waals surface area contributed by atoms with Crippen molar-refractivity contribution in [2.45, 2.75) is 13.8 Å². The highest BCUT2D eigenvalue weighted by Gasteiger charge is 2.17. The van der Waals surface area contributed by atoms with Crippen molar-refractivity contribution >= 4 is 21.8 Å². The highest BCUT2D eigenvalue weighted by molar-refractivity contribution is 9.10. The highest BCUT2D eigenvalue weighted by Crippen LogP contribution is 2.10. The minimum absolute atomic E-state index is 0.00282. The average molecular weight is 328 g/mol. The Bertz CT molecular complexity index is 404. The van der Waals surface area contributed by atoms with E-state index >= 15 is 0 Å². The van der Waals surface area contributed by atoms with E-state index in [0.29, 0.717) is 11.6 Å². The second-order valence-corrected chi connectivity index (χ2v) is 6.23. The largest absolute Gasteiger partial charge is 0.336 e. The molecule has 0 aliphatic carbocycles. The number of nitrogens with zero attached hydrogens (tertiary/aromatic N) is 3. The monoisotopic (exact) mass is 327 g/mol. The van der Waals surface area contributed by atoms with Gasteiger partial charge in [-0.3, -0.25) is 4.79 Å². The summed E-state index contributed by atoms with van der Waals surface area (Å²) in [5, 5.41) is 0. The quantitative estimate of drug-likeness (QED) is 0.805. The summed E-state index contributed by atoms with van der Waals surface area (Å²) in [6.07, 6.45) is 1.66. The topological polar surface area (TPSA) is 36.4 Å². The predicted octanol–water partition coefficient (Wildman–Crippen LogP) is 2.50. The smallest absolute Gasteiger partial charge is 0.272 e. The van der Waals surface area contributed by atoms with Gasteiger partial charge < -0.3 is 9.80 Å². The molecule has 0 spiro atoms. The number of hydrogen-bond acceptors (Lipinski definition) is 3. The molecule has 1 heterocycles. The van der Waals surface area contributed by atoms with Crippen molar-refractivity contribution in [1.82, 2.24) is 14.8 Å². The molecule has 0 bridgehead atoms. The molecule has 1 rings (SSSR count). The molecule has 0 unspecified atom stereocenters. The SMILES string of the molecule is CC(C)CN(CCN(C)C)C(=O)c1ccc(Br)cn1. The number of pyridine rings is 1. The van der Waals surface area contributed by atoms with E-state index in [1.54, 1.807) is 12.3 Å². The second-order valence-electron chi connectivity index (χ2n) is 5.31. The Morgan fingerprint density at radius 1 is 1.32 bits per heavy atom. The molecule has 0 aromatic carbocycles. The van der Waals surface area contributed by atoms with Crippen molar-refractivity contribution in [2.75, 3.05) is 33.7 Å². The maximum absolute atomic E-state index is 12.4. The zero-order valence-corrected chi connectivity index (χ0v) is 13.6. The standard InChI is InChI=1S/C14H22BrN3O/c1-11(2)10-18(8-7-17(3)4)14(19)13-6-5-12(15)9-16-13/h5-6,9,11H,7-8,10H2,1-4H3. The van der Waals surface area contributed by atoms with Crippen molar-refractivity contribution < 1.29 is 4.79 Å². The van der Waals surface area contributed by atoms with E-state index in [4.69, 9.17) is 0 Å². The summed E-state index contributed by atoms with van der Waals surface area (Å²) < 4.78 is 0.882. The summed E-state index contributed by atoms with van der Waals surface area (Å²) in [5.41, 5.74) is 0.502. The first-order valence-corrected chi connectivity index (χ1v) is 7.25. The molecule has 5 heteroatoms. The second kappa shape index (κ2) is 7.60. The summed E-state index contributed by atoms with van der Waals surface area (Å²) in [4.78, 5) is 20.6. The van der Waals surface area contributed by atoms with Crippen LogP contribution >= 0.6 is 15.9 Å². The van der Waals surface area contributed by atoms with E-state index in [0.717, 1.165) is 24.1 Å². The molecule has 1 amide bonds. The molecular formula is C14H22BrN3O. The number of carbonyl (C=O) groups is 1. The number of likely N-dealkylation sites (N-methyl/N-ethyl adjacent to an activating group) is 1. The molecule has 19 heavy (non-hydrogen) atoms. The molecular weight excluding hydrogens is 306 g/mol. The fourth-order valence-electron chi connectivity index (χ4n) is 1.70. The number of hydrogen-bond donors (Lipinski definition) is 0. The predicted molar refractivity (Wildman–Crippen MR) is 81.2 cm³/mol. The minimum Gasteiger partial charge on any atom is -0.336 e. The molecule has 1 aromatic rings. The Balaban J connectivity index is 2.77. The van der Waals surface area contributed by atoms with Crippen LogP contribution in [0, 0.1) is 5.92 Å². The normalized spacial score (nSPS) is 11.1. The number of amides is 1. The Morgan fingerprint density at radius 3 is 2.47 bits per heavy atom. The molecule has 0 aliphatic heterocycles. The molecule has 0 atom stereocenters. The minimum atomic E-state index is 0.00282. The fourth-order valence-corrected chi connectivity index (χ4v) is 1.94. The van der Waals surface area contributed by atoms with Crippen molar-refractivity contribution in [3.8, 4) is 0 Å². The molecule has 0 saturated heterocycles. The first kappa shape index (κ1) is 16.1. The first-order chi connectivity index (χ1) is 8.90. The fraction of sp³-hybridized carbons (Fsp3) is 0.571. The van der Waals surface area contributed by atoms with Gasteiger partial charge in [-0.2, -0.15) is 0 Å². The van der Waals surface area contributed by atoms with Gasteiger partial charge >= 0.3 is 0 Å². The lowest BCUT2D eigenvalue weighted by Crippen LogP contribution is -2.39. The lowest BCUT2D eigenvalue weighted by Gasteiger charge is -2.25. The Kier molecular flexibility index (Phi) is 6.45. The molecule has 0 saturated carbocycles. The molecule has 106 valence electrons. The van der Waals surface area contributed by atoms with Crippen LogP contribution in [0.4, 0.5) is 0 Å². The number of rotatable bonds is 6. The van der Waals surface area contributed by atoms with Crippen molar-refractivity contribution in [3.63, 3.8) is 0 Å². The van der Waals surface area contributed by atoms with Gasteiger partial charge in [0.25, 0.3) is 5.91 Å². The number of aromatic nitrogens is 1. The van der Waals surface area contributed by atoms with E-state index in [1.165, 1.54) is 0 Å². The third-order valence-corrected chi connectivity index (χ3v) is 3.11. The van der Waals surface area contributed by atoms with Gasteiger partial charge in [-0.05, 0) is 48.1 Å². The Labute approximate surface area is 123 Å². The lowest BCUT2D eigenvalue weighted by molar-refractivity contribution is 0.0718. The van der Waals surface area contributed by atoms with Gasteiger partial charge in [0.15, 0.2) is 0 Å². The van der Waals surface area contributed by atoms with E-state index in [9.17, 15) is 4.79 Å². The van der Waals surface area contributed by atoms with Gasteiger partial charge in [0.05, 0.1) is 0 Å². The summed E-state index contributed by atoms with van der Waals surface area (Å²) in [6, 6.07) is 3.61. The van der Waals surface area contributed by atoms with Gasteiger partial charge in [-0.15, -0.1) is 0 Å². The van der Waals surface area contributed by atoms with E-state index < -0.39 is 0 Å². The highest BCUT2D eigenvalue weighted by atomic mass is 79.9. The van der Waals surface area contributed by atoms with Crippen LogP contribution in [0.2, 0.25) is 0 Å². The van der Waals surface area contributed by atoms with Gasteiger partial charge in [-0.25, -0.2) is 4.98 Å². The third kappa shape index (κ3) is 5.70. The summed E-state index contributed by atoms with van der Waals surface area (Å²) in [5.74, 6) is 0.449. The van der Waals surface area contributed by atoms with Crippen LogP contribution in [0.3, 0.4) is 0 Å².